The van der Waals surface area contributed by atoms with Gasteiger partial charge in [-0.25, -0.2) is 9.52 Å². The summed E-state index contributed by atoms with van der Waals surface area (Å²) >= 11 is 3.21. The molecule has 0 aliphatic heterocycles. The summed E-state index contributed by atoms with van der Waals surface area (Å²) in [4.78, 5) is 11.1. The standard InChI is InChI=1S/C10H13BrN2O5S/c1-3-18-10(14)13-19(15,16)12-8-6-7(11)4-5-9(8)17-2/h4-6,12H,3H2,1-2H3,(H,13,14). The number of ether oxygens (including phenoxy) is 2. The van der Waals surface area contributed by atoms with Crippen LogP contribution in [0, 0.1) is 0 Å². The zero-order chi connectivity index (χ0) is 14.5. The highest BCUT2D eigenvalue weighted by molar-refractivity contribution is 9.10. The van der Waals surface area contributed by atoms with Crippen molar-refractivity contribution in [2.45, 2.75) is 6.92 Å². The monoisotopic (exact) mass is 352 g/mol. The molecule has 0 heterocycles. The molecule has 7 nitrogen and oxygen atoms in total. The first kappa shape index (κ1) is 15.6. The lowest BCUT2D eigenvalue weighted by Crippen LogP contribution is -2.35. The topological polar surface area (TPSA) is 93.7 Å². The smallest absolute Gasteiger partial charge is 0.422 e. The fourth-order valence-corrected chi connectivity index (χ4v) is 2.34. The van der Waals surface area contributed by atoms with Gasteiger partial charge in [0, 0.05) is 4.47 Å². The number of amides is 1. The van der Waals surface area contributed by atoms with Gasteiger partial charge in [-0.2, -0.15) is 8.42 Å². The predicted molar refractivity (Wildman–Crippen MR) is 73.4 cm³/mol. The van der Waals surface area contributed by atoms with Gasteiger partial charge in [0.25, 0.3) is 0 Å². The van der Waals surface area contributed by atoms with Crippen LogP contribution in [0.3, 0.4) is 0 Å². The molecule has 2 N–H and O–H groups in total. The Hall–Kier alpha value is -1.48. The molecule has 0 aliphatic rings. The van der Waals surface area contributed by atoms with Crippen LogP contribution < -0.4 is 14.2 Å². The number of hydrogen-bond donors (Lipinski definition) is 2. The number of hydrogen-bond acceptors (Lipinski definition) is 5. The number of benzene rings is 1. The minimum atomic E-state index is -4.08. The van der Waals surface area contributed by atoms with E-state index in [2.05, 4.69) is 25.4 Å². The molecule has 0 spiro atoms. The highest BCUT2D eigenvalue weighted by Crippen LogP contribution is 2.28. The van der Waals surface area contributed by atoms with E-state index in [0.29, 0.717) is 10.2 Å². The summed E-state index contributed by atoms with van der Waals surface area (Å²) in [5.74, 6) is 0.317. The van der Waals surface area contributed by atoms with Crippen molar-refractivity contribution in [2.75, 3.05) is 18.4 Å². The molecule has 0 radical (unpaired) electrons. The van der Waals surface area contributed by atoms with Crippen molar-refractivity contribution in [3.05, 3.63) is 22.7 Å². The Balaban J connectivity index is 2.89. The van der Waals surface area contributed by atoms with E-state index in [-0.39, 0.29) is 12.3 Å². The molecule has 1 aromatic carbocycles. The molecule has 1 amide bonds. The van der Waals surface area contributed by atoms with E-state index in [1.54, 1.807) is 23.8 Å². The molecule has 0 atom stereocenters. The second kappa shape index (κ2) is 6.62. The molecule has 1 aromatic rings. The number of methoxy groups -OCH3 is 1. The summed E-state index contributed by atoms with van der Waals surface area (Å²) in [6.45, 7) is 1.64. The molecule has 106 valence electrons. The Kier molecular flexibility index (Phi) is 5.43. The van der Waals surface area contributed by atoms with Gasteiger partial charge >= 0.3 is 16.3 Å². The average molecular weight is 353 g/mol. The fourth-order valence-electron chi connectivity index (χ4n) is 1.20. The molecular weight excluding hydrogens is 340 g/mol. The minimum Gasteiger partial charge on any atom is -0.495 e. The van der Waals surface area contributed by atoms with Crippen molar-refractivity contribution >= 4 is 37.9 Å². The van der Waals surface area contributed by atoms with Gasteiger partial charge in [-0.05, 0) is 25.1 Å². The molecule has 0 fully saturated rings. The minimum absolute atomic E-state index is 0.0710. The summed E-state index contributed by atoms with van der Waals surface area (Å²) in [5.41, 5.74) is 0.189. The fraction of sp³-hybridized carbons (Fsp3) is 0.300. The number of nitrogens with one attached hydrogen (secondary N) is 2. The third kappa shape index (κ3) is 4.95. The lowest BCUT2D eigenvalue weighted by molar-refractivity contribution is 0.159. The predicted octanol–water partition coefficient (Wildman–Crippen LogP) is 1.86. The van der Waals surface area contributed by atoms with Crippen molar-refractivity contribution < 1.29 is 22.7 Å². The van der Waals surface area contributed by atoms with Gasteiger partial charge in [0.2, 0.25) is 0 Å². The zero-order valence-corrected chi connectivity index (χ0v) is 12.7. The average Bonchev–Trinajstić information content (AvgIpc) is 2.28. The molecular formula is C10H13BrN2O5S. The van der Waals surface area contributed by atoms with Crippen molar-refractivity contribution in [1.82, 2.24) is 4.72 Å². The lowest BCUT2D eigenvalue weighted by atomic mass is 10.3. The Morgan fingerprint density at radius 1 is 1.42 bits per heavy atom. The van der Waals surface area contributed by atoms with Crippen LogP contribution in [0.15, 0.2) is 22.7 Å². The summed E-state index contributed by atoms with van der Waals surface area (Å²) in [6, 6.07) is 4.77. The van der Waals surface area contributed by atoms with E-state index in [1.165, 1.54) is 13.2 Å². The number of halogens is 1. The van der Waals surface area contributed by atoms with Crippen LogP contribution in [0.5, 0.6) is 5.75 Å². The van der Waals surface area contributed by atoms with E-state index in [9.17, 15) is 13.2 Å². The van der Waals surface area contributed by atoms with Crippen LogP contribution in [-0.4, -0.2) is 28.2 Å². The highest BCUT2D eigenvalue weighted by Gasteiger charge is 2.17. The summed E-state index contributed by atoms with van der Waals surface area (Å²) in [6.07, 6.45) is -1.05. The van der Waals surface area contributed by atoms with Crippen LogP contribution in [0.2, 0.25) is 0 Å². The second-order valence-electron chi connectivity index (χ2n) is 3.27. The Bertz CT molecular complexity index is 561. The first-order valence-electron chi connectivity index (χ1n) is 5.19. The third-order valence-corrected chi connectivity index (χ3v) is 3.32. The highest BCUT2D eigenvalue weighted by atomic mass is 79.9. The first-order chi connectivity index (χ1) is 8.88. The van der Waals surface area contributed by atoms with Crippen LogP contribution in [0.4, 0.5) is 10.5 Å². The van der Waals surface area contributed by atoms with Gasteiger partial charge < -0.3 is 9.47 Å². The maximum absolute atomic E-state index is 11.7. The van der Waals surface area contributed by atoms with Gasteiger partial charge in [-0.3, -0.25) is 4.72 Å². The summed E-state index contributed by atoms with van der Waals surface area (Å²) in [7, 11) is -2.68. The van der Waals surface area contributed by atoms with Crippen LogP contribution in [-0.2, 0) is 14.9 Å². The maximum atomic E-state index is 11.7. The lowest BCUT2D eigenvalue weighted by Gasteiger charge is -2.12. The van der Waals surface area contributed by atoms with E-state index in [4.69, 9.17) is 4.74 Å². The van der Waals surface area contributed by atoms with E-state index in [1.807, 2.05) is 0 Å². The SMILES string of the molecule is CCOC(=O)NS(=O)(=O)Nc1cc(Br)ccc1OC. The largest absolute Gasteiger partial charge is 0.495 e. The van der Waals surface area contributed by atoms with E-state index < -0.39 is 16.3 Å². The van der Waals surface area contributed by atoms with Gasteiger partial charge in [0.15, 0.2) is 0 Å². The Morgan fingerprint density at radius 3 is 2.68 bits per heavy atom. The number of carbonyl (C=O) groups excluding carboxylic acids is 1. The maximum Gasteiger partial charge on any atom is 0.422 e. The van der Waals surface area contributed by atoms with Crippen molar-refractivity contribution in [3.63, 3.8) is 0 Å². The van der Waals surface area contributed by atoms with Gasteiger partial charge in [-0.15, -0.1) is 0 Å². The Morgan fingerprint density at radius 2 is 2.11 bits per heavy atom. The Labute approximate surface area is 119 Å². The molecule has 0 aliphatic carbocycles. The number of rotatable bonds is 5. The van der Waals surface area contributed by atoms with Crippen molar-refractivity contribution in [2.24, 2.45) is 0 Å². The quantitative estimate of drug-likeness (QED) is 0.843. The van der Waals surface area contributed by atoms with Crippen LogP contribution in [0.1, 0.15) is 6.92 Å². The van der Waals surface area contributed by atoms with Crippen LogP contribution >= 0.6 is 15.9 Å². The number of carbonyl (C=O) groups is 1. The summed E-state index contributed by atoms with van der Waals surface area (Å²) < 4.78 is 37.4. The molecule has 0 bridgehead atoms. The molecule has 0 aromatic heterocycles. The number of anilines is 1. The molecule has 0 unspecified atom stereocenters. The normalized spacial score (nSPS) is 10.7. The van der Waals surface area contributed by atoms with Crippen molar-refractivity contribution in [1.29, 1.82) is 0 Å². The zero-order valence-electron chi connectivity index (χ0n) is 10.3. The molecule has 0 saturated carbocycles. The second-order valence-corrected chi connectivity index (χ2v) is 5.60. The van der Waals surface area contributed by atoms with E-state index in [0.717, 1.165) is 0 Å². The first-order valence-corrected chi connectivity index (χ1v) is 7.46. The van der Waals surface area contributed by atoms with Crippen LogP contribution in [0.25, 0.3) is 0 Å². The summed E-state index contributed by atoms with van der Waals surface area (Å²) in [5, 5.41) is 0. The van der Waals surface area contributed by atoms with Gasteiger partial charge in [-0.1, -0.05) is 15.9 Å². The molecule has 1 rings (SSSR count). The van der Waals surface area contributed by atoms with Gasteiger partial charge in [0.05, 0.1) is 19.4 Å². The van der Waals surface area contributed by atoms with Gasteiger partial charge in [0.1, 0.15) is 5.75 Å². The third-order valence-electron chi connectivity index (χ3n) is 1.90. The molecule has 19 heavy (non-hydrogen) atoms. The molecule has 9 heteroatoms. The van der Waals surface area contributed by atoms with E-state index >= 15 is 0 Å². The van der Waals surface area contributed by atoms with Crippen molar-refractivity contribution in [3.8, 4) is 5.75 Å². The molecule has 0 saturated heterocycles.